The lowest BCUT2D eigenvalue weighted by Gasteiger charge is -2.27. The van der Waals surface area contributed by atoms with Gasteiger partial charge < -0.3 is 9.88 Å². The SMILES string of the molecule is CC(C)c1[nH]c(=O)ccc1-c1nc(C2CCCN(C)C2)nn1Cc1cccs1. The van der Waals surface area contributed by atoms with Crippen LogP contribution in [-0.2, 0) is 6.54 Å². The van der Waals surface area contributed by atoms with Crippen molar-refractivity contribution >= 4 is 11.3 Å². The molecule has 6 nitrogen and oxygen atoms in total. The van der Waals surface area contributed by atoms with Crippen molar-refractivity contribution in [1.29, 1.82) is 0 Å². The molecule has 0 aliphatic carbocycles. The minimum absolute atomic E-state index is 0.0779. The van der Waals surface area contributed by atoms with Crippen molar-refractivity contribution in [3.63, 3.8) is 0 Å². The second kappa shape index (κ2) is 8.01. The molecule has 7 heteroatoms. The molecule has 4 rings (SSSR count). The Morgan fingerprint density at radius 2 is 2.18 bits per heavy atom. The Labute approximate surface area is 169 Å². The first-order valence-corrected chi connectivity index (χ1v) is 10.8. The number of likely N-dealkylation sites (N-methyl/N-ethyl adjacent to an activating group) is 1. The van der Waals surface area contributed by atoms with Gasteiger partial charge in [-0.1, -0.05) is 19.9 Å². The Morgan fingerprint density at radius 1 is 1.32 bits per heavy atom. The second-order valence-electron chi connectivity index (χ2n) is 7.94. The van der Waals surface area contributed by atoms with Gasteiger partial charge in [0.2, 0.25) is 5.56 Å². The van der Waals surface area contributed by atoms with E-state index in [1.165, 1.54) is 11.3 Å². The molecule has 3 aromatic rings. The van der Waals surface area contributed by atoms with Crippen molar-refractivity contribution in [3.8, 4) is 11.4 Å². The van der Waals surface area contributed by atoms with Crippen LogP contribution in [0.15, 0.2) is 34.4 Å². The van der Waals surface area contributed by atoms with Gasteiger partial charge >= 0.3 is 0 Å². The zero-order valence-corrected chi connectivity index (χ0v) is 17.5. The normalized spacial score (nSPS) is 18.1. The maximum absolute atomic E-state index is 11.9. The second-order valence-corrected chi connectivity index (χ2v) is 8.97. The highest BCUT2D eigenvalue weighted by Gasteiger charge is 2.25. The third-order valence-corrected chi connectivity index (χ3v) is 6.19. The average Bonchev–Trinajstić information content (AvgIpc) is 3.32. The zero-order valence-electron chi connectivity index (χ0n) is 16.7. The predicted molar refractivity (Wildman–Crippen MR) is 113 cm³/mol. The summed E-state index contributed by atoms with van der Waals surface area (Å²) in [6.45, 7) is 7.00. The van der Waals surface area contributed by atoms with Gasteiger partial charge in [-0.2, -0.15) is 5.10 Å². The molecule has 4 heterocycles. The average molecular weight is 398 g/mol. The third kappa shape index (κ3) is 3.95. The van der Waals surface area contributed by atoms with E-state index in [1.807, 2.05) is 10.7 Å². The number of hydrogen-bond donors (Lipinski definition) is 1. The van der Waals surface area contributed by atoms with Crippen LogP contribution in [0.3, 0.4) is 0 Å². The van der Waals surface area contributed by atoms with E-state index in [0.29, 0.717) is 12.5 Å². The zero-order chi connectivity index (χ0) is 19.7. The third-order valence-electron chi connectivity index (χ3n) is 5.33. The van der Waals surface area contributed by atoms with Crippen LogP contribution >= 0.6 is 11.3 Å². The van der Waals surface area contributed by atoms with Crippen molar-refractivity contribution in [2.24, 2.45) is 0 Å². The van der Waals surface area contributed by atoms with Crippen molar-refractivity contribution in [2.45, 2.75) is 45.1 Å². The number of rotatable bonds is 5. The lowest BCUT2D eigenvalue weighted by atomic mass is 9.98. The largest absolute Gasteiger partial charge is 0.325 e. The maximum Gasteiger partial charge on any atom is 0.248 e. The van der Waals surface area contributed by atoms with E-state index in [1.54, 1.807) is 17.4 Å². The highest BCUT2D eigenvalue weighted by atomic mass is 32.1. The van der Waals surface area contributed by atoms with Crippen molar-refractivity contribution < 1.29 is 0 Å². The molecule has 0 radical (unpaired) electrons. The molecule has 1 atom stereocenters. The summed E-state index contributed by atoms with van der Waals surface area (Å²) in [7, 11) is 2.16. The molecule has 1 fully saturated rings. The summed E-state index contributed by atoms with van der Waals surface area (Å²) in [6, 6.07) is 7.66. The first-order valence-electron chi connectivity index (χ1n) is 9.90. The number of nitrogens with one attached hydrogen (secondary N) is 1. The highest BCUT2D eigenvalue weighted by molar-refractivity contribution is 7.09. The fourth-order valence-electron chi connectivity index (χ4n) is 3.91. The van der Waals surface area contributed by atoms with E-state index >= 15 is 0 Å². The number of piperidine rings is 1. The number of H-pyrrole nitrogens is 1. The minimum atomic E-state index is -0.0779. The van der Waals surface area contributed by atoms with Gasteiger partial charge in [0, 0.05) is 34.7 Å². The summed E-state index contributed by atoms with van der Waals surface area (Å²) >= 11 is 1.73. The predicted octanol–water partition coefficient (Wildman–Crippen LogP) is 3.68. The molecule has 1 aliphatic heterocycles. The van der Waals surface area contributed by atoms with E-state index in [0.717, 1.165) is 42.4 Å². The van der Waals surface area contributed by atoms with Gasteiger partial charge in [-0.05, 0) is 49.9 Å². The number of nitrogens with zero attached hydrogens (tertiary/aromatic N) is 4. The van der Waals surface area contributed by atoms with Crippen LogP contribution in [0.4, 0.5) is 0 Å². The number of hydrogen-bond acceptors (Lipinski definition) is 5. The van der Waals surface area contributed by atoms with Crippen molar-refractivity contribution in [3.05, 3.63) is 56.4 Å². The van der Waals surface area contributed by atoms with Crippen LogP contribution < -0.4 is 5.56 Å². The Kier molecular flexibility index (Phi) is 5.46. The lowest BCUT2D eigenvalue weighted by molar-refractivity contribution is 0.245. The van der Waals surface area contributed by atoms with Crippen LogP contribution in [0.2, 0.25) is 0 Å². The summed E-state index contributed by atoms with van der Waals surface area (Å²) in [5, 5.41) is 7.02. The van der Waals surface area contributed by atoms with Crippen LogP contribution in [0.25, 0.3) is 11.4 Å². The Hall–Kier alpha value is -2.25. The number of thiophene rings is 1. The molecular weight excluding hydrogens is 370 g/mol. The summed E-state index contributed by atoms with van der Waals surface area (Å²) in [5.74, 6) is 2.31. The summed E-state index contributed by atoms with van der Waals surface area (Å²) < 4.78 is 2.01. The molecule has 148 valence electrons. The molecule has 0 amide bonds. The molecule has 3 aromatic heterocycles. The fraction of sp³-hybridized carbons (Fsp3) is 0.476. The number of aromatic nitrogens is 4. The Bertz CT molecular complexity index is 989. The summed E-state index contributed by atoms with van der Waals surface area (Å²) in [6.07, 6.45) is 2.29. The molecule has 0 bridgehead atoms. The summed E-state index contributed by atoms with van der Waals surface area (Å²) in [4.78, 5) is 23.5. The van der Waals surface area contributed by atoms with E-state index in [4.69, 9.17) is 10.1 Å². The lowest BCUT2D eigenvalue weighted by Crippen LogP contribution is -2.31. The van der Waals surface area contributed by atoms with Crippen molar-refractivity contribution in [2.75, 3.05) is 20.1 Å². The van der Waals surface area contributed by atoms with Gasteiger partial charge in [0.25, 0.3) is 0 Å². The molecule has 1 saturated heterocycles. The summed E-state index contributed by atoms with van der Waals surface area (Å²) in [5.41, 5.74) is 1.81. The van der Waals surface area contributed by atoms with Crippen LogP contribution in [0.1, 0.15) is 54.9 Å². The maximum atomic E-state index is 11.9. The molecular formula is C21H27N5OS. The fourth-order valence-corrected chi connectivity index (χ4v) is 4.60. The first kappa shape index (κ1) is 19.1. The van der Waals surface area contributed by atoms with Crippen LogP contribution in [-0.4, -0.2) is 44.8 Å². The van der Waals surface area contributed by atoms with E-state index in [2.05, 4.69) is 48.3 Å². The van der Waals surface area contributed by atoms with E-state index in [-0.39, 0.29) is 11.5 Å². The van der Waals surface area contributed by atoms with E-state index < -0.39 is 0 Å². The standard InChI is InChI=1S/C21H27N5OS/c1-14(2)19-17(8-9-18(27)22-19)21-23-20(15-6-4-10-25(3)12-15)24-26(21)13-16-7-5-11-28-16/h5,7-9,11,14-15H,4,6,10,12-13H2,1-3H3,(H,22,27). The number of aromatic amines is 1. The molecule has 1 unspecified atom stereocenters. The molecule has 0 aromatic carbocycles. The van der Waals surface area contributed by atoms with Gasteiger partial charge in [-0.25, -0.2) is 9.67 Å². The van der Waals surface area contributed by atoms with Gasteiger partial charge in [-0.15, -0.1) is 11.3 Å². The Morgan fingerprint density at radius 3 is 2.89 bits per heavy atom. The highest BCUT2D eigenvalue weighted by Crippen LogP contribution is 2.30. The molecule has 1 aliphatic rings. The van der Waals surface area contributed by atoms with Crippen LogP contribution in [0.5, 0.6) is 0 Å². The van der Waals surface area contributed by atoms with E-state index in [9.17, 15) is 4.79 Å². The molecule has 28 heavy (non-hydrogen) atoms. The topological polar surface area (TPSA) is 66.8 Å². The number of likely N-dealkylation sites (tertiary alicyclic amines) is 1. The minimum Gasteiger partial charge on any atom is -0.325 e. The molecule has 0 saturated carbocycles. The first-order chi connectivity index (χ1) is 13.5. The quantitative estimate of drug-likeness (QED) is 0.713. The van der Waals surface area contributed by atoms with Crippen molar-refractivity contribution in [1.82, 2.24) is 24.6 Å². The van der Waals surface area contributed by atoms with Gasteiger partial charge in [0.1, 0.15) is 0 Å². The molecule has 0 spiro atoms. The van der Waals surface area contributed by atoms with Gasteiger partial charge in [0.15, 0.2) is 11.6 Å². The van der Waals surface area contributed by atoms with Crippen LogP contribution in [0, 0.1) is 0 Å². The molecule has 1 N–H and O–H groups in total. The smallest absolute Gasteiger partial charge is 0.248 e. The Balaban J connectivity index is 1.79. The van der Waals surface area contributed by atoms with Gasteiger partial charge in [0.05, 0.1) is 6.54 Å². The monoisotopic (exact) mass is 397 g/mol. The number of pyridine rings is 1. The van der Waals surface area contributed by atoms with Gasteiger partial charge in [-0.3, -0.25) is 4.79 Å².